The lowest BCUT2D eigenvalue weighted by Crippen LogP contribution is -2.38. The molecule has 0 aliphatic heterocycles. The van der Waals surface area contributed by atoms with Crippen molar-refractivity contribution < 1.29 is 14.6 Å². The van der Waals surface area contributed by atoms with Gasteiger partial charge in [0.25, 0.3) is 0 Å². The van der Waals surface area contributed by atoms with Gasteiger partial charge in [0, 0.05) is 12.1 Å². The third-order valence-corrected chi connectivity index (χ3v) is 3.40. The molecule has 0 fully saturated rings. The molecule has 0 unspecified atom stereocenters. The summed E-state index contributed by atoms with van der Waals surface area (Å²) in [6, 6.07) is 16.2. The largest absolute Gasteiger partial charge is 0.494 e. The van der Waals surface area contributed by atoms with E-state index in [4.69, 9.17) is 4.74 Å². The number of nitrogens with one attached hydrogen (secondary N) is 2. The molecule has 0 bridgehead atoms. The van der Waals surface area contributed by atoms with Crippen molar-refractivity contribution in [3.8, 4) is 5.75 Å². The molecule has 0 saturated carbocycles. The summed E-state index contributed by atoms with van der Waals surface area (Å²) in [6.07, 6.45) is 0. The monoisotopic (exact) mass is 314 g/mol. The third kappa shape index (κ3) is 5.00. The molecule has 0 saturated heterocycles. The fourth-order valence-corrected chi connectivity index (χ4v) is 2.25. The molecular formula is C18H22N2O3. The topological polar surface area (TPSA) is 70.6 Å². The Morgan fingerprint density at radius 2 is 1.83 bits per heavy atom. The number of carbonyl (C=O) groups excluding carboxylic acids is 1. The number of carbonyl (C=O) groups is 1. The number of hydrogen-bond donors (Lipinski definition) is 3. The van der Waals surface area contributed by atoms with Gasteiger partial charge in [0.1, 0.15) is 5.75 Å². The molecule has 2 aromatic rings. The second kappa shape index (κ2) is 8.80. The molecule has 122 valence electrons. The van der Waals surface area contributed by atoms with E-state index in [1.807, 2.05) is 61.5 Å². The first-order valence-electron chi connectivity index (χ1n) is 7.65. The van der Waals surface area contributed by atoms with Crippen LogP contribution in [0.5, 0.6) is 5.75 Å². The highest BCUT2D eigenvalue weighted by atomic mass is 16.5. The van der Waals surface area contributed by atoms with Gasteiger partial charge in [-0.25, -0.2) is 4.79 Å². The van der Waals surface area contributed by atoms with Crippen LogP contribution in [0, 0.1) is 0 Å². The second-order valence-electron chi connectivity index (χ2n) is 5.01. The van der Waals surface area contributed by atoms with Crippen molar-refractivity contribution in [3.05, 3.63) is 65.7 Å². The molecule has 2 rings (SSSR count). The predicted octanol–water partition coefficient (Wildman–Crippen LogP) is 2.62. The molecule has 0 radical (unpaired) electrons. The van der Waals surface area contributed by atoms with Gasteiger partial charge in [-0.2, -0.15) is 0 Å². The van der Waals surface area contributed by atoms with E-state index in [2.05, 4.69) is 10.6 Å². The van der Waals surface area contributed by atoms with Crippen LogP contribution in [0.3, 0.4) is 0 Å². The predicted molar refractivity (Wildman–Crippen MR) is 89.3 cm³/mol. The van der Waals surface area contributed by atoms with Crippen LogP contribution in [0.15, 0.2) is 54.6 Å². The molecule has 0 aliphatic carbocycles. The number of rotatable bonds is 7. The third-order valence-electron chi connectivity index (χ3n) is 3.40. The highest BCUT2D eigenvalue weighted by molar-refractivity contribution is 5.74. The van der Waals surface area contributed by atoms with Crippen molar-refractivity contribution in [1.82, 2.24) is 10.6 Å². The fraction of sp³-hybridized carbons (Fsp3) is 0.278. The van der Waals surface area contributed by atoms with E-state index in [1.54, 1.807) is 0 Å². The van der Waals surface area contributed by atoms with Crippen molar-refractivity contribution in [2.24, 2.45) is 0 Å². The Morgan fingerprint density at radius 1 is 1.13 bits per heavy atom. The maximum atomic E-state index is 12.1. The van der Waals surface area contributed by atoms with E-state index in [-0.39, 0.29) is 12.6 Å². The number of hydrogen-bond acceptors (Lipinski definition) is 3. The summed E-state index contributed by atoms with van der Waals surface area (Å²) in [5.74, 6) is 0.761. The zero-order valence-corrected chi connectivity index (χ0v) is 13.2. The zero-order chi connectivity index (χ0) is 16.5. The molecule has 0 aliphatic rings. The molecule has 0 heterocycles. The van der Waals surface area contributed by atoms with E-state index in [9.17, 15) is 9.90 Å². The fourth-order valence-electron chi connectivity index (χ4n) is 2.25. The maximum Gasteiger partial charge on any atom is 0.315 e. The van der Waals surface area contributed by atoms with Gasteiger partial charge in [0.15, 0.2) is 0 Å². The number of amides is 2. The highest BCUT2D eigenvalue weighted by Gasteiger charge is 2.13. The number of ether oxygens (including phenoxy) is 1. The molecule has 23 heavy (non-hydrogen) atoms. The van der Waals surface area contributed by atoms with E-state index in [0.29, 0.717) is 13.2 Å². The molecule has 1 atom stereocenters. The van der Waals surface area contributed by atoms with Crippen LogP contribution in [0.25, 0.3) is 0 Å². The smallest absolute Gasteiger partial charge is 0.315 e. The summed E-state index contributed by atoms with van der Waals surface area (Å²) in [7, 11) is 0. The number of benzene rings is 2. The first kappa shape index (κ1) is 16.8. The van der Waals surface area contributed by atoms with E-state index in [0.717, 1.165) is 16.9 Å². The number of para-hydroxylation sites is 1. The van der Waals surface area contributed by atoms with E-state index < -0.39 is 6.04 Å². The SMILES string of the molecule is CCOc1ccccc1CNC(=O)N[C@H](CO)c1ccccc1. The number of aliphatic hydroxyl groups excluding tert-OH is 1. The molecule has 5 nitrogen and oxygen atoms in total. The van der Waals surface area contributed by atoms with Crippen LogP contribution in [-0.4, -0.2) is 24.4 Å². The van der Waals surface area contributed by atoms with Gasteiger partial charge < -0.3 is 20.5 Å². The summed E-state index contributed by atoms with van der Waals surface area (Å²) >= 11 is 0. The van der Waals surface area contributed by atoms with Crippen LogP contribution in [0.2, 0.25) is 0 Å². The quantitative estimate of drug-likeness (QED) is 0.736. The first-order valence-corrected chi connectivity index (χ1v) is 7.65. The van der Waals surface area contributed by atoms with Crippen LogP contribution in [0.4, 0.5) is 4.79 Å². The summed E-state index contributed by atoms with van der Waals surface area (Å²) < 4.78 is 5.53. The average molecular weight is 314 g/mol. The van der Waals surface area contributed by atoms with Gasteiger partial charge >= 0.3 is 6.03 Å². The molecule has 0 aromatic heterocycles. The van der Waals surface area contributed by atoms with Gasteiger partial charge in [-0.1, -0.05) is 48.5 Å². The van der Waals surface area contributed by atoms with E-state index >= 15 is 0 Å². The lowest BCUT2D eigenvalue weighted by molar-refractivity contribution is 0.216. The average Bonchev–Trinajstić information content (AvgIpc) is 2.60. The minimum Gasteiger partial charge on any atom is -0.494 e. The Morgan fingerprint density at radius 3 is 2.52 bits per heavy atom. The Hall–Kier alpha value is -2.53. The van der Waals surface area contributed by atoms with Crippen molar-refractivity contribution >= 4 is 6.03 Å². The zero-order valence-electron chi connectivity index (χ0n) is 13.2. The van der Waals surface area contributed by atoms with Gasteiger partial charge in [-0.15, -0.1) is 0 Å². The van der Waals surface area contributed by atoms with Gasteiger partial charge in [0.2, 0.25) is 0 Å². The molecule has 3 N–H and O–H groups in total. The first-order chi connectivity index (χ1) is 11.2. The molecular weight excluding hydrogens is 292 g/mol. The van der Waals surface area contributed by atoms with Crippen molar-refractivity contribution in [3.63, 3.8) is 0 Å². The molecule has 2 aromatic carbocycles. The van der Waals surface area contributed by atoms with Crippen LogP contribution in [-0.2, 0) is 6.54 Å². The Labute approximate surface area is 136 Å². The van der Waals surface area contributed by atoms with Crippen LogP contribution in [0.1, 0.15) is 24.1 Å². The van der Waals surface area contributed by atoms with E-state index in [1.165, 1.54) is 0 Å². The summed E-state index contributed by atoms with van der Waals surface area (Å²) in [6.45, 7) is 2.69. The highest BCUT2D eigenvalue weighted by Crippen LogP contribution is 2.17. The van der Waals surface area contributed by atoms with Crippen LogP contribution >= 0.6 is 0 Å². The van der Waals surface area contributed by atoms with Gasteiger partial charge in [-0.05, 0) is 18.6 Å². The Balaban J connectivity index is 1.92. The van der Waals surface area contributed by atoms with Crippen molar-refractivity contribution in [2.75, 3.05) is 13.2 Å². The van der Waals surface area contributed by atoms with Gasteiger partial charge in [-0.3, -0.25) is 0 Å². The lowest BCUT2D eigenvalue weighted by atomic mass is 10.1. The van der Waals surface area contributed by atoms with Crippen molar-refractivity contribution in [2.45, 2.75) is 19.5 Å². The summed E-state index contributed by atoms with van der Waals surface area (Å²) in [5.41, 5.74) is 1.77. The Bertz CT molecular complexity index is 617. The standard InChI is InChI=1S/C18H22N2O3/c1-2-23-17-11-7-6-10-15(17)12-19-18(22)20-16(13-21)14-8-4-3-5-9-14/h3-11,16,21H,2,12-13H2,1H3,(H2,19,20,22)/t16-/m1/s1. The summed E-state index contributed by atoms with van der Waals surface area (Å²) in [5, 5.41) is 15.0. The minimum atomic E-state index is -0.432. The number of urea groups is 1. The molecule has 5 heteroatoms. The van der Waals surface area contributed by atoms with Crippen molar-refractivity contribution in [1.29, 1.82) is 0 Å². The second-order valence-corrected chi connectivity index (χ2v) is 5.01. The van der Waals surface area contributed by atoms with Crippen LogP contribution < -0.4 is 15.4 Å². The molecule has 0 spiro atoms. The molecule has 2 amide bonds. The maximum absolute atomic E-state index is 12.1. The normalized spacial score (nSPS) is 11.6. The minimum absolute atomic E-state index is 0.160. The number of aliphatic hydroxyl groups is 1. The lowest BCUT2D eigenvalue weighted by Gasteiger charge is -2.17. The van der Waals surface area contributed by atoms with Gasteiger partial charge in [0.05, 0.1) is 19.3 Å². The summed E-state index contributed by atoms with van der Waals surface area (Å²) in [4.78, 5) is 12.1. The Kier molecular flexibility index (Phi) is 6.44.